The van der Waals surface area contributed by atoms with Gasteiger partial charge in [0.05, 0.1) is 12.7 Å². The molecule has 0 aliphatic heterocycles. The highest BCUT2D eigenvalue weighted by molar-refractivity contribution is 7.98. The Labute approximate surface area is 106 Å². The van der Waals surface area contributed by atoms with Crippen LogP contribution in [0.3, 0.4) is 0 Å². The van der Waals surface area contributed by atoms with Crippen molar-refractivity contribution >= 4 is 30.1 Å². The van der Waals surface area contributed by atoms with E-state index in [9.17, 15) is 4.79 Å². The number of methoxy groups -OCH3 is 1. The van der Waals surface area contributed by atoms with E-state index in [4.69, 9.17) is 5.73 Å². The van der Waals surface area contributed by atoms with Gasteiger partial charge in [-0.15, -0.1) is 12.4 Å². The number of rotatable bonds is 5. The number of nitrogens with two attached hydrogens (primary N) is 1. The first-order chi connectivity index (χ1) is 7.27. The molecule has 5 heteroatoms. The third-order valence-electron chi connectivity index (χ3n) is 1.88. The molecule has 0 aliphatic carbocycles. The highest BCUT2D eigenvalue weighted by Crippen LogP contribution is 2.13. The van der Waals surface area contributed by atoms with Gasteiger partial charge in [0.2, 0.25) is 0 Å². The smallest absolute Gasteiger partial charge is 0.337 e. The summed E-state index contributed by atoms with van der Waals surface area (Å²) in [5.74, 6) is 1.52. The summed E-state index contributed by atoms with van der Waals surface area (Å²) in [7, 11) is 1.39. The minimum absolute atomic E-state index is 0. The first kappa shape index (κ1) is 15.3. The second-order valence-corrected chi connectivity index (χ2v) is 4.14. The van der Waals surface area contributed by atoms with E-state index >= 15 is 0 Å². The topological polar surface area (TPSA) is 52.3 Å². The zero-order valence-electron chi connectivity index (χ0n) is 9.14. The molecule has 0 aliphatic rings. The van der Waals surface area contributed by atoms with E-state index in [2.05, 4.69) is 4.74 Å². The minimum atomic E-state index is -0.291. The molecule has 0 heterocycles. The molecule has 1 aromatic rings. The molecule has 3 nitrogen and oxygen atoms in total. The summed E-state index contributed by atoms with van der Waals surface area (Å²) < 4.78 is 4.65. The maximum absolute atomic E-state index is 11.2. The first-order valence-corrected chi connectivity index (χ1v) is 5.88. The molecule has 0 unspecified atom stereocenters. The van der Waals surface area contributed by atoms with Crippen LogP contribution in [0.4, 0.5) is 0 Å². The van der Waals surface area contributed by atoms with Gasteiger partial charge in [-0.05, 0) is 17.7 Å². The lowest BCUT2D eigenvalue weighted by Gasteiger charge is -2.03. The van der Waals surface area contributed by atoms with Crippen molar-refractivity contribution in [2.75, 3.05) is 19.4 Å². The fourth-order valence-corrected chi connectivity index (χ4v) is 1.91. The molecular formula is C11H16ClNO2S. The summed E-state index contributed by atoms with van der Waals surface area (Å²) in [4.78, 5) is 11.2. The Morgan fingerprint density at radius 2 is 2.25 bits per heavy atom. The Balaban J connectivity index is 0.00000225. The Kier molecular flexibility index (Phi) is 8.07. The van der Waals surface area contributed by atoms with E-state index in [1.54, 1.807) is 17.8 Å². The number of benzene rings is 1. The van der Waals surface area contributed by atoms with Crippen molar-refractivity contribution in [2.45, 2.75) is 5.75 Å². The number of esters is 1. The van der Waals surface area contributed by atoms with Crippen molar-refractivity contribution in [3.63, 3.8) is 0 Å². The van der Waals surface area contributed by atoms with Crippen LogP contribution in [-0.4, -0.2) is 25.4 Å². The number of carbonyl (C=O) groups is 1. The van der Waals surface area contributed by atoms with Gasteiger partial charge in [0, 0.05) is 18.1 Å². The monoisotopic (exact) mass is 261 g/mol. The van der Waals surface area contributed by atoms with Crippen LogP contribution in [0.15, 0.2) is 24.3 Å². The highest BCUT2D eigenvalue weighted by Gasteiger charge is 2.04. The number of ether oxygens (including phenoxy) is 1. The van der Waals surface area contributed by atoms with E-state index in [1.807, 2.05) is 18.2 Å². The van der Waals surface area contributed by atoms with Crippen molar-refractivity contribution in [2.24, 2.45) is 5.73 Å². The molecule has 0 aromatic heterocycles. The zero-order valence-corrected chi connectivity index (χ0v) is 10.8. The molecule has 0 amide bonds. The number of thioether (sulfide) groups is 1. The molecule has 0 bridgehead atoms. The Bertz CT molecular complexity index is 334. The Morgan fingerprint density at radius 1 is 1.50 bits per heavy atom. The van der Waals surface area contributed by atoms with Crippen LogP contribution < -0.4 is 5.73 Å². The second-order valence-electron chi connectivity index (χ2n) is 3.03. The van der Waals surface area contributed by atoms with E-state index in [-0.39, 0.29) is 18.4 Å². The fourth-order valence-electron chi connectivity index (χ4n) is 1.18. The number of carbonyl (C=O) groups excluding carboxylic acids is 1. The highest BCUT2D eigenvalue weighted by atomic mass is 35.5. The molecular weight excluding hydrogens is 246 g/mol. The molecule has 16 heavy (non-hydrogen) atoms. The maximum atomic E-state index is 11.2. The first-order valence-electron chi connectivity index (χ1n) is 4.73. The van der Waals surface area contributed by atoms with E-state index < -0.39 is 0 Å². The third kappa shape index (κ3) is 4.88. The number of hydrogen-bond donors (Lipinski definition) is 1. The average Bonchev–Trinajstić information content (AvgIpc) is 2.29. The molecule has 0 atom stereocenters. The predicted octanol–water partition coefficient (Wildman–Crippen LogP) is 2.09. The quantitative estimate of drug-likeness (QED) is 0.651. The van der Waals surface area contributed by atoms with Crippen molar-refractivity contribution in [1.82, 2.24) is 0 Å². The van der Waals surface area contributed by atoms with Crippen molar-refractivity contribution < 1.29 is 9.53 Å². The van der Waals surface area contributed by atoms with Crippen LogP contribution >= 0.6 is 24.2 Å². The van der Waals surface area contributed by atoms with Crippen LogP contribution in [-0.2, 0) is 10.5 Å². The number of hydrogen-bond acceptors (Lipinski definition) is 4. The average molecular weight is 262 g/mol. The standard InChI is InChI=1S/C11H15NO2S.ClH/c1-14-11(13)10-4-2-3-9(7-10)8-15-6-5-12;/h2-4,7H,5-6,8,12H2,1H3;1H. The summed E-state index contributed by atoms with van der Waals surface area (Å²) in [6.45, 7) is 0.682. The van der Waals surface area contributed by atoms with E-state index in [1.165, 1.54) is 7.11 Å². The number of halogens is 1. The summed E-state index contributed by atoms with van der Waals surface area (Å²) in [5.41, 5.74) is 7.12. The zero-order chi connectivity index (χ0) is 11.1. The predicted molar refractivity (Wildman–Crippen MR) is 70.2 cm³/mol. The summed E-state index contributed by atoms with van der Waals surface area (Å²) in [6, 6.07) is 7.47. The Morgan fingerprint density at radius 3 is 2.88 bits per heavy atom. The van der Waals surface area contributed by atoms with Gasteiger partial charge in [0.15, 0.2) is 0 Å². The minimum Gasteiger partial charge on any atom is -0.465 e. The largest absolute Gasteiger partial charge is 0.465 e. The summed E-state index contributed by atoms with van der Waals surface area (Å²) >= 11 is 1.76. The summed E-state index contributed by atoms with van der Waals surface area (Å²) in [6.07, 6.45) is 0. The van der Waals surface area contributed by atoms with Crippen molar-refractivity contribution in [1.29, 1.82) is 0 Å². The molecule has 1 rings (SSSR count). The van der Waals surface area contributed by atoms with Gasteiger partial charge in [0.1, 0.15) is 0 Å². The van der Waals surface area contributed by atoms with Crippen LogP contribution in [0.5, 0.6) is 0 Å². The summed E-state index contributed by atoms with van der Waals surface area (Å²) in [5, 5.41) is 0. The molecule has 0 fully saturated rings. The second kappa shape index (κ2) is 8.44. The van der Waals surface area contributed by atoms with Gasteiger partial charge in [-0.25, -0.2) is 4.79 Å². The lowest BCUT2D eigenvalue weighted by Crippen LogP contribution is -2.03. The fraction of sp³-hybridized carbons (Fsp3) is 0.364. The van der Waals surface area contributed by atoms with Gasteiger partial charge in [-0.2, -0.15) is 11.8 Å². The van der Waals surface area contributed by atoms with Gasteiger partial charge in [0.25, 0.3) is 0 Å². The van der Waals surface area contributed by atoms with Crippen LogP contribution in [0.1, 0.15) is 15.9 Å². The molecule has 0 saturated carbocycles. The third-order valence-corrected chi connectivity index (χ3v) is 2.94. The molecule has 0 saturated heterocycles. The van der Waals surface area contributed by atoms with Gasteiger partial charge in [-0.3, -0.25) is 0 Å². The van der Waals surface area contributed by atoms with E-state index in [0.29, 0.717) is 12.1 Å². The van der Waals surface area contributed by atoms with Gasteiger partial charge in [-0.1, -0.05) is 12.1 Å². The Hall–Kier alpha value is -0.710. The van der Waals surface area contributed by atoms with E-state index in [0.717, 1.165) is 17.1 Å². The van der Waals surface area contributed by atoms with Gasteiger partial charge >= 0.3 is 5.97 Å². The molecule has 2 N–H and O–H groups in total. The van der Waals surface area contributed by atoms with Crippen molar-refractivity contribution in [3.05, 3.63) is 35.4 Å². The van der Waals surface area contributed by atoms with Crippen LogP contribution in [0.25, 0.3) is 0 Å². The molecule has 90 valence electrons. The SMILES string of the molecule is COC(=O)c1cccc(CSCCN)c1.Cl. The maximum Gasteiger partial charge on any atom is 0.337 e. The molecule has 0 radical (unpaired) electrons. The normalized spacial score (nSPS) is 9.38. The lowest BCUT2D eigenvalue weighted by atomic mass is 10.1. The molecule has 1 aromatic carbocycles. The molecule has 0 spiro atoms. The lowest BCUT2D eigenvalue weighted by molar-refractivity contribution is 0.0600. The van der Waals surface area contributed by atoms with Crippen LogP contribution in [0.2, 0.25) is 0 Å². The van der Waals surface area contributed by atoms with Crippen molar-refractivity contribution in [3.8, 4) is 0 Å². The van der Waals surface area contributed by atoms with Crippen LogP contribution in [0, 0.1) is 0 Å². The van der Waals surface area contributed by atoms with Gasteiger partial charge < -0.3 is 10.5 Å².